The molecule has 0 bridgehead atoms. The highest BCUT2D eigenvalue weighted by Gasteiger charge is 2.38. The molecular weight excluding hydrogens is 512 g/mol. The molecule has 0 spiro atoms. The molecule has 4 rings (SSSR count). The predicted octanol–water partition coefficient (Wildman–Crippen LogP) is 2.73. The van der Waals surface area contributed by atoms with Crippen LogP contribution in [-0.4, -0.2) is 49.4 Å². The lowest BCUT2D eigenvalue weighted by Crippen LogP contribution is -2.35. The van der Waals surface area contributed by atoms with E-state index in [1.165, 1.54) is 36.4 Å². The number of halogens is 1. The van der Waals surface area contributed by atoms with E-state index in [-0.39, 0.29) is 36.6 Å². The lowest BCUT2D eigenvalue weighted by atomic mass is 10.1. The first-order valence-electron chi connectivity index (χ1n) is 8.95. The van der Waals surface area contributed by atoms with Crippen LogP contribution in [0.15, 0.2) is 69.1 Å². The SMILES string of the molecule is CS(=O)(=O)C1=NN2C(=N)/C(=C\c3ccc(OS(=O)(=O)c4ccccc4)c(Cl)c3)C(=O)N=C2S1. The van der Waals surface area contributed by atoms with Crippen molar-refractivity contribution in [2.24, 2.45) is 10.1 Å². The minimum Gasteiger partial charge on any atom is -0.377 e. The third-order valence-corrected chi connectivity index (χ3v) is 8.37. The van der Waals surface area contributed by atoms with Crippen molar-refractivity contribution >= 4 is 70.7 Å². The molecule has 0 saturated heterocycles. The molecule has 0 unspecified atom stereocenters. The van der Waals surface area contributed by atoms with Crippen molar-refractivity contribution in [2.45, 2.75) is 4.90 Å². The number of carbonyl (C=O) groups excluding carboxylic acids is 1. The largest absolute Gasteiger partial charge is 0.377 e. The van der Waals surface area contributed by atoms with Gasteiger partial charge in [0.25, 0.3) is 5.91 Å². The number of sulfone groups is 1. The van der Waals surface area contributed by atoms with Crippen LogP contribution in [0.4, 0.5) is 0 Å². The van der Waals surface area contributed by atoms with Gasteiger partial charge in [-0.3, -0.25) is 10.2 Å². The molecule has 2 aliphatic rings. The summed E-state index contributed by atoms with van der Waals surface area (Å²) in [6.45, 7) is 0. The monoisotopic (exact) mass is 524 g/mol. The molecule has 0 atom stereocenters. The van der Waals surface area contributed by atoms with Crippen LogP contribution in [-0.2, 0) is 24.7 Å². The number of amides is 1. The standard InChI is InChI=1S/C19H13ClN4O6S3/c1-32(26,27)19-23-24-16(21)13(17(25)22-18(24)31-19)9-11-7-8-15(14(20)10-11)30-33(28,29)12-5-3-2-4-6-12/h2-10,21H,1H3/b13-9+,21-16?. The summed E-state index contributed by atoms with van der Waals surface area (Å²) in [5.41, 5.74) is 0.204. The van der Waals surface area contributed by atoms with E-state index in [1.54, 1.807) is 18.2 Å². The summed E-state index contributed by atoms with van der Waals surface area (Å²) in [4.78, 5) is 16.2. The van der Waals surface area contributed by atoms with Crippen molar-refractivity contribution in [1.82, 2.24) is 5.01 Å². The molecule has 0 fully saturated rings. The number of hydrogen-bond acceptors (Lipinski definition) is 9. The molecule has 2 aliphatic heterocycles. The van der Waals surface area contributed by atoms with E-state index in [1.807, 2.05) is 0 Å². The van der Waals surface area contributed by atoms with Crippen LogP contribution in [0, 0.1) is 5.41 Å². The number of amidine groups is 2. The first-order valence-corrected chi connectivity index (χ1v) is 13.4. The number of aliphatic imine (C=N–C) groups is 1. The van der Waals surface area contributed by atoms with Crippen molar-refractivity contribution in [2.75, 3.05) is 6.26 Å². The second kappa shape index (κ2) is 8.41. The Bertz CT molecular complexity index is 1500. The fourth-order valence-electron chi connectivity index (χ4n) is 2.72. The van der Waals surface area contributed by atoms with E-state index in [0.717, 1.165) is 11.3 Å². The minimum atomic E-state index is -4.10. The second-order valence-corrected chi connectivity index (χ2v) is 11.8. The molecule has 10 nitrogen and oxygen atoms in total. The molecule has 2 aromatic carbocycles. The Labute approximate surface area is 198 Å². The average Bonchev–Trinajstić information content (AvgIpc) is 3.18. The Balaban J connectivity index is 1.62. The Kier molecular flexibility index (Phi) is 5.90. The number of nitrogens with one attached hydrogen (secondary N) is 1. The summed E-state index contributed by atoms with van der Waals surface area (Å²) in [6.07, 6.45) is 2.27. The molecular formula is C19H13ClN4O6S3. The van der Waals surface area contributed by atoms with Crippen LogP contribution in [0.1, 0.15) is 5.56 Å². The maximum absolute atomic E-state index is 12.4. The first kappa shape index (κ1) is 23.2. The van der Waals surface area contributed by atoms with Gasteiger partial charge in [0, 0.05) is 6.26 Å². The van der Waals surface area contributed by atoms with Crippen LogP contribution in [0.25, 0.3) is 6.08 Å². The second-order valence-electron chi connectivity index (χ2n) is 6.70. The number of hydrazone groups is 1. The van der Waals surface area contributed by atoms with Crippen LogP contribution in [0.3, 0.4) is 0 Å². The summed E-state index contributed by atoms with van der Waals surface area (Å²) in [5, 5.41) is 13.0. The number of benzene rings is 2. The van der Waals surface area contributed by atoms with Gasteiger partial charge in [-0.1, -0.05) is 35.9 Å². The molecule has 2 aromatic rings. The number of thioether (sulfide) groups is 1. The zero-order valence-electron chi connectivity index (χ0n) is 16.6. The molecule has 1 N–H and O–H groups in total. The number of nitrogens with zero attached hydrogens (tertiary/aromatic N) is 3. The molecule has 1 amide bonds. The van der Waals surface area contributed by atoms with Crippen molar-refractivity contribution in [3.05, 3.63) is 64.7 Å². The lowest BCUT2D eigenvalue weighted by Gasteiger charge is -2.20. The van der Waals surface area contributed by atoms with Gasteiger partial charge >= 0.3 is 10.1 Å². The third kappa shape index (κ3) is 4.71. The fourth-order valence-corrected chi connectivity index (χ4v) is 5.65. The normalized spacial score (nSPS) is 17.6. The van der Waals surface area contributed by atoms with Crippen LogP contribution in [0.2, 0.25) is 5.02 Å². The smallest absolute Gasteiger partial charge is 0.339 e. The Morgan fingerprint density at radius 3 is 2.45 bits per heavy atom. The summed E-state index contributed by atoms with van der Waals surface area (Å²) in [7, 11) is -7.74. The van der Waals surface area contributed by atoms with Crippen molar-refractivity contribution in [1.29, 1.82) is 5.41 Å². The van der Waals surface area contributed by atoms with Gasteiger partial charge in [-0.05, 0) is 47.7 Å². The molecule has 0 aliphatic carbocycles. The topological polar surface area (TPSA) is 146 Å². The molecule has 14 heteroatoms. The molecule has 33 heavy (non-hydrogen) atoms. The number of carbonyl (C=O) groups is 1. The molecule has 0 saturated carbocycles. The number of rotatable bonds is 4. The first-order chi connectivity index (χ1) is 15.5. The zero-order valence-corrected chi connectivity index (χ0v) is 19.8. The van der Waals surface area contributed by atoms with Gasteiger partial charge in [0.2, 0.25) is 19.4 Å². The van der Waals surface area contributed by atoms with Gasteiger partial charge in [0.05, 0.1) is 10.6 Å². The lowest BCUT2D eigenvalue weighted by molar-refractivity contribution is -0.114. The predicted molar refractivity (Wildman–Crippen MR) is 126 cm³/mol. The van der Waals surface area contributed by atoms with E-state index in [4.69, 9.17) is 21.2 Å². The van der Waals surface area contributed by atoms with Crippen molar-refractivity contribution in [3.8, 4) is 5.75 Å². The Hall–Kier alpha value is -3.00. The van der Waals surface area contributed by atoms with E-state index in [9.17, 15) is 21.6 Å². The van der Waals surface area contributed by atoms with E-state index >= 15 is 0 Å². The highest BCUT2D eigenvalue weighted by molar-refractivity contribution is 8.42. The summed E-state index contributed by atoms with van der Waals surface area (Å²) in [5.74, 6) is -1.24. The van der Waals surface area contributed by atoms with Crippen LogP contribution in [0.5, 0.6) is 5.75 Å². The van der Waals surface area contributed by atoms with Gasteiger partial charge in [-0.25, -0.2) is 8.42 Å². The maximum Gasteiger partial charge on any atom is 0.339 e. The minimum absolute atomic E-state index is 0.0320. The van der Waals surface area contributed by atoms with E-state index in [0.29, 0.717) is 17.3 Å². The third-order valence-electron chi connectivity index (χ3n) is 4.25. The van der Waals surface area contributed by atoms with Crippen molar-refractivity contribution < 1.29 is 25.8 Å². The van der Waals surface area contributed by atoms with Gasteiger partial charge in [-0.2, -0.15) is 18.4 Å². The van der Waals surface area contributed by atoms with Gasteiger partial charge in [0.1, 0.15) is 4.90 Å². The summed E-state index contributed by atoms with van der Waals surface area (Å²) >= 11 is 6.86. The summed E-state index contributed by atoms with van der Waals surface area (Å²) < 4.78 is 53.1. The molecule has 0 radical (unpaired) electrons. The average molecular weight is 525 g/mol. The molecule has 2 heterocycles. The van der Waals surface area contributed by atoms with Crippen LogP contribution < -0.4 is 4.18 Å². The van der Waals surface area contributed by atoms with Crippen LogP contribution >= 0.6 is 23.4 Å². The zero-order chi connectivity index (χ0) is 24.0. The number of hydrogen-bond donors (Lipinski definition) is 1. The molecule has 170 valence electrons. The fraction of sp³-hybridized carbons (Fsp3) is 0.0526. The number of fused-ring (bicyclic) bond motifs is 1. The van der Waals surface area contributed by atoms with Gasteiger partial charge < -0.3 is 4.18 Å². The molecule has 0 aromatic heterocycles. The Morgan fingerprint density at radius 1 is 1.12 bits per heavy atom. The van der Waals surface area contributed by atoms with E-state index in [2.05, 4.69) is 10.1 Å². The quantitative estimate of drug-likeness (QED) is 0.474. The maximum atomic E-state index is 12.4. The summed E-state index contributed by atoms with van der Waals surface area (Å²) in [6, 6.07) is 11.6. The van der Waals surface area contributed by atoms with Gasteiger partial charge in [0.15, 0.2) is 11.6 Å². The highest BCUT2D eigenvalue weighted by Crippen LogP contribution is 2.32. The highest BCUT2D eigenvalue weighted by atomic mass is 35.5. The van der Waals surface area contributed by atoms with Gasteiger partial charge in [-0.15, -0.1) is 5.10 Å². The Morgan fingerprint density at radius 2 is 1.82 bits per heavy atom. The van der Waals surface area contributed by atoms with E-state index < -0.39 is 25.9 Å². The van der Waals surface area contributed by atoms with Crippen molar-refractivity contribution in [3.63, 3.8) is 0 Å².